The largest absolute Gasteiger partial charge is 0.369 e. The highest BCUT2D eigenvalue weighted by Crippen LogP contribution is 2.63. The number of methoxy groups -OCH3 is 1. The first-order valence-corrected chi connectivity index (χ1v) is 10.9. The molecule has 1 saturated heterocycles. The first-order chi connectivity index (χ1) is 10.0. The second-order valence-corrected chi connectivity index (χ2v) is 11.9. The summed E-state index contributed by atoms with van der Waals surface area (Å²) in [4.78, 5) is 0. The zero-order valence-corrected chi connectivity index (χ0v) is 15.5. The predicted octanol–water partition coefficient (Wildman–Crippen LogP) is 3.98. The molecule has 4 nitrogen and oxygen atoms in total. The van der Waals surface area contributed by atoms with Crippen LogP contribution in [0.25, 0.3) is 0 Å². The van der Waals surface area contributed by atoms with Gasteiger partial charge < -0.3 is 13.9 Å². The molecular weight excluding hydrogens is 294 g/mol. The standard InChI is InChI=1S/C17H25NO3Si/c1-15(2)16(3,14-10-8-9-13(11-14)12-18)20-17(15,19-4)21-22(5,6)7/h8-11H,1-7H3. The van der Waals surface area contributed by atoms with E-state index in [0.29, 0.717) is 5.56 Å². The minimum atomic E-state index is -1.86. The Morgan fingerprint density at radius 1 is 1.18 bits per heavy atom. The van der Waals surface area contributed by atoms with Crippen LogP contribution in [-0.4, -0.2) is 21.4 Å². The van der Waals surface area contributed by atoms with Crippen LogP contribution in [0.4, 0.5) is 0 Å². The summed E-state index contributed by atoms with van der Waals surface area (Å²) in [5.41, 5.74) is 0.612. The Bertz CT molecular complexity index is 617. The summed E-state index contributed by atoms with van der Waals surface area (Å²) < 4.78 is 18.1. The summed E-state index contributed by atoms with van der Waals surface area (Å²) in [5, 5.41) is 9.12. The van der Waals surface area contributed by atoms with Crippen molar-refractivity contribution in [3.63, 3.8) is 0 Å². The number of benzene rings is 1. The molecule has 0 bridgehead atoms. The molecule has 0 aliphatic carbocycles. The molecule has 22 heavy (non-hydrogen) atoms. The Labute approximate surface area is 134 Å². The Kier molecular flexibility index (Phi) is 4.03. The van der Waals surface area contributed by atoms with E-state index in [-0.39, 0.29) is 0 Å². The molecule has 1 aliphatic rings. The van der Waals surface area contributed by atoms with Crippen LogP contribution in [0.3, 0.4) is 0 Å². The van der Waals surface area contributed by atoms with E-state index in [1.807, 2.05) is 25.1 Å². The van der Waals surface area contributed by atoms with Gasteiger partial charge in [-0.05, 0) is 58.1 Å². The van der Waals surface area contributed by atoms with Gasteiger partial charge in [0.15, 0.2) is 8.32 Å². The van der Waals surface area contributed by atoms with Crippen molar-refractivity contribution < 1.29 is 13.9 Å². The topological polar surface area (TPSA) is 51.5 Å². The second kappa shape index (κ2) is 5.17. The highest BCUT2D eigenvalue weighted by Gasteiger charge is 2.72. The third-order valence-corrected chi connectivity index (χ3v) is 5.43. The molecule has 1 heterocycles. The highest BCUT2D eigenvalue weighted by molar-refractivity contribution is 6.69. The van der Waals surface area contributed by atoms with E-state index in [9.17, 15) is 0 Å². The normalized spacial score (nSPS) is 30.5. The SMILES string of the molecule is COC1(O[Si](C)(C)C)OC(C)(c2cccc(C#N)c2)C1(C)C. The Morgan fingerprint density at radius 3 is 2.27 bits per heavy atom. The zero-order chi connectivity index (χ0) is 16.8. The van der Waals surface area contributed by atoms with Gasteiger partial charge in [-0.1, -0.05) is 12.1 Å². The van der Waals surface area contributed by atoms with Crippen molar-refractivity contribution in [2.24, 2.45) is 5.41 Å². The van der Waals surface area contributed by atoms with Crippen molar-refractivity contribution in [3.8, 4) is 6.07 Å². The molecular formula is C17H25NO3Si. The lowest BCUT2D eigenvalue weighted by molar-refractivity contribution is -0.533. The maximum absolute atomic E-state index is 9.12. The average Bonchev–Trinajstić information content (AvgIpc) is 2.44. The smallest absolute Gasteiger partial charge is 0.282 e. The fourth-order valence-corrected chi connectivity index (χ4v) is 4.15. The summed E-state index contributed by atoms with van der Waals surface area (Å²) in [5.74, 6) is -1.05. The van der Waals surface area contributed by atoms with Gasteiger partial charge in [0, 0.05) is 7.11 Å². The molecule has 2 unspecified atom stereocenters. The Balaban J connectivity index is 2.42. The third kappa shape index (κ3) is 2.40. The van der Waals surface area contributed by atoms with Gasteiger partial charge in [-0.2, -0.15) is 5.26 Å². The molecule has 0 aromatic heterocycles. The van der Waals surface area contributed by atoms with Gasteiger partial charge in [0.05, 0.1) is 17.0 Å². The average molecular weight is 319 g/mol. The van der Waals surface area contributed by atoms with E-state index < -0.39 is 25.3 Å². The van der Waals surface area contributed by atoms with Crippen LogP contribution < -0.4 is 0 Å². The number of hydrogen-bond donors (Lipinski definition) is 0. The summed E-state index contributed by atoms with van der Waals surface area (Å²) in [6.45, 7) is 12.5. The molecule has 0 saturated carbocycles. The molecule has 1 aromatic rings. The lowest BCUT2D eigenvalue weighted by Crippen LogP contribution is -2.74. The maximum atomic E-state index is 9.12. The fourth-order valence-electron chi connectivity index (χ4n) is 2.96. The number of ether oxygens (including phenoxy) is 2. The van der Waals surface area contributed by atoms with Crippen LogP contribution in [0.15, 0.2) is 24.3 Å². The van der Waals surface area contributed by atoms with Gasteiger partial charge in [0.2, 0.25) is 0 Å². The van der Waals surface area contributed by atoms with Crippen molar-refractivity contribution in [3.05, 3.63) is 35.4 Å². The zero-order valence-electron chi connectivity index (χ0n) is 14.5. The molecule has 2 atom stereocenters. The quantitative estimate of drug-likeness (QED) is 0.622. The number of nitriles is 1. The maximum Gasteiger partial charge on any atom is 0.282 e. The van der Waals surface area contributed by atoms with E-state index in [2.05, 4.69) is 39.6 Å². The van der Waals surface area contributed by atoms with Gasteiger partial charge in [-0.25, -0.2) is 0 Å². The van der Waals surface area contributed by atoms with Gasteiger partial charge in [-0.3, -0.25) is 0 Å². The van der Waals surface area contributed by atoms with Crippen molar-refractivity contribution in [1.29, 1.82) is 5.26 Å². The van der Waals surface area contributed by atoms with E-state index in [4.69, 9.17) is 19.2 Å². The van der Waals surface area contributed by atoms with Crippen molar-refractivity contribution in [2.45, 2.75) is 52.0 Å². The minimum absolute atomic E-state index is 0.400. The van der Waals surface area contributed by atoms with Gasteiger partial charge in [0.1, 0.15) is 5.60 Å². The summed E-state index contributed by atoms with van der Waals surface area (Å²) >= 11 is 0. The van der Waals surface area contributed by atoms with Gasteiger partial charge >= 0.3 is 0 Å². The van der Waals surface area contributed by atoms with Crippen molar-refractivity contribution in [2.75, 3.05) is 7.11 Å². The van der Waals surface area contributed by atoms with Crippen LogP contribution in [0, 0.1) is 16.7 Å². The van der Waals surface area contributed by atoms with Crippen LogP contribution >= 0.6 is 0 Å². The van der Waals surface area contributed by atoms with Crippen molar-refractivity contribution >= 4 is 8.32 Å². The first-order valence-electron chi connectivity index (χ1n) is 7.47. The monoisotopic (exact) mass is 319 g/mol. The lowest BCUT2D eigenvalue weighted by Gasteiger charge is -2.66. The van der Waals surface area contributed by atoms with E-state index >= 15 is 0 Å². The fraction of sp³-hybridized carbons (Fsp3) is 0.588. The van der Waals surface area contributed by atoms with Crippen LogP contribution in [0.2, 0.25) is 19.6 Å². The molecule has 0 amide bonds. The molecule has 1 aromatic carbocycles. The summed E-state index contributed by atoms with van der Waals surface area (Å²) in [7, 11) is -0.238. The highest BCUT2D eigenvalue weighted by atomic mass is 28.4. The third-order valence-electron chi connectivity index (χ3n) is 4.55. The summed E-state index contributed by atoms with van der Waals surface area (Å²) in [6.07, 6.45) is 0. The molecule has 1 aliphatic heterocycles. The number of rotatable bonds is 4. The van der Waals surface area contributed by atoms with Crippen LogP contribution in [0.1, 0.15) is 31.9 Å². The molecule has 120 valence electrons. The molecule has 0 radical (unpaired) electrons. The van der Waals surface area contributed by atoms with Crippen LogP contribution in [-0.2, 0) is 19.5 Å². The summed E-state index contributed by atoms with van der Waals surface area (Å²) in [6, 6.07) is 9.70. The van der Waals surface area contributed by atoms with Crippen molar-refractivity contribution in [1.82, 2.24) is 0 Å². The predicted molar refractivity (Wildman–Crippen MR) is 87.5 cm³/mol. The lowest BCUT2D eigenvalue weighted by atomic mass is 9.64. The molecule has 5 heteroatoms. The number of hydrogen-bond acceptors (Lipinski definition) is 4. The molecule has 2 rings (SSSR count). The Morgan fingerprint density at radius 2 is 1.82 bits per heavy atom. The first kappa shape index (κ1) is 17.2. The Hall–Kier alpha value is -1.19. The second-order valence-electron chi connectivity index (χ2n) is 7.43. The minimum Gasteiger partial charge on any atom is -0.369 e. The number of nitrogens with zero attached hydrogens (tertiary/aromatic N) is 1. The van der Waals surface area contributed by atoms with Crippen LogP contribution in [0.5, 0.6) is 0 Å². The van der Waals surface area contributed by atoms with E-state index in [1.165, 1.54) is 0 Å². The van der Waals surface area contributed by atoms with Gasteiger partial charge in [-0.15, -0.1) is 0 Å². The molecule has 1 fully saturated rings. The van der Waals surface area contributed by atoms with E-state index in [0.717, 1.165) is 5.56 Å². The molecule has 0 spiro atoms. The van der Waals surface area contributed by atoms with Gasteiger partial charge in [0.25, 0.3) is 5.97 Å². The van der Waals surface area contributed by atoms with E-state index in [1.54, 1.807) is 13.2 Å². The molecule has 0 N–H and O–H groups in total.